The molecule has 0 saturated carbocycles. The van der Waals surface area contributed by atoms with Crippen molar-refractivity contribution in [2.75, 3.05) is 10.0 Å². The van der Waals surface area contributed by atoms with E-state index in [1.165, 1.54) is 6.07 Å². The molecule has 0 saturated heterocycles. The Morgan fingerprint density at radius 3 is 2.34 bits per heavy atom. The molecule has 0 bridgehead atoms. The number of para-hydroxylation sites is 1. The summed E-state index contributed by atoms with van der Waals surface area (Å²) in [5, 5.41) is 5.56. The van der Waals surface area contributed by atoms with Crippen LogP contribution in [0.5, 0.6) is 0 Å². The van der Waals surface area contributed by atoms with Crippen LogP contribution in [0.2, 0.25) is 0 Å². The first kappa shape index (κ1) is 26.6. The highest BCUT2D eigenvalue weighted by Crippen LogP contribution is 2.25. The molecule has 8 nitrogen and oxygen atoms in total. The molecule has 2 amide bonds. The third kappa shape index (κ3) is 6.24. The number of carbonyl (C=O) groups excluding carboxylic acids is 2. The number of hydrogen-bond acceptors (Lipinski definition) is 5. The number of aromatic nitrogens is 1. The largest absolute Gasteiger partial charge is 0.348 e. The number of pyridine rings is 1. The van der Waals surface area contributed by atoms with Gasteiger partial charge in [-0.1, -0.05) is 36.4 Å². The Balaban J connectivity index is 1.54. The van der Waals surface area contributed by atoms with Crippen molar-refractivity contribution in [1.82, 2.24) is 10.3 Å². The van der Waals surface area contributed by atoms with E-state index in [9.17, 15) is 18.0 Å². The quantitative estimate of drug-likeness (QED) is 0.298. The van der Waals surface area contributed by atoms with Gasteiger partial charge in [0.25, 0.3) is 21.8 Å². The highest BCUT2D eigenvalue weighted by atomic mass is 32.2. The van der Waals surface area contributed by atoms with Crippen LogP contribution in [0, 0.1) is 20.8 Å². The molecular weight excluding hydrogens is 500 g/mol. The van der Waals surface area contributed by atoms with Gasteiger partial charge in [-0.25, -0.2) is 8.42 Å². The van der Waals surface area contributed by atoms with Gasteiger partial charge < -0.3 is 10.6 Å². The third-order valence-electron chi connectivity index (χ3n) is 5.97. The number of nitrogens with one attached hydrogen (secondary N) is 3. The summed E-state index contributed by atoms with van der Waals surface area (Å²) in [5.74, 6) is -0.907. The number of aryl methyl sites for hydroxylation is 3. The maximum Gasteiger partial charge on any atom is 0.262 e. The second-order valence-corrected chi connectivity index (χ2v) is 10.6. The smallest absolute Gasteiger partial charge is 0.262 e. The number of benzene rings is 3. The highest BCUT2D eigenvalue weighted by Gasteiger charge is 2.21. The average molecular weight is 529 g/mol. The number of carbonyl (C=O) groups is 2. The summed E-state index contributed by atoms with van der Waals surface area (Å²) in [7, 11) is -3.97. The molecule has 0 aliphatic rings. The number of anilines is 2. The molecule has 3 aromatic carbocycles. The van der Waals surface area contributed by atoms with Crippen LogP contribution >= 0.6 is 0 Å². The molecule has 0 spiro atoms. The van der Waals surface area contributed by atoms with Crippen LogP contribution in [0.15, 0.2) is 90.1 Å². The zero-order valence-corrected chi connectivity index (χ0v) is 22.1. The molecule has 1 aromatic heterocycles. The summed E-state index contributed by atoms with van der Waals surface area (Å²) in [4.78, 5) is 30.0. The molecule has 4 aromatic rings. The molecule has 0 fully saturated rings. The summed E-state index contributed by atoms with van der Waals surface area (Å²) >= 11 is 0. The second kappa shape index (κ2) is 11.3. The van der Waals surface area contributed by atoms with Crippen LogP contribution in [0.4, 0.5) is 11.4 Å². The molecule has 0 radical (unpaired) electrons. The van der Waals surface area contributed by atoms with Crippen LogP contribution in [0.3, 0.4) is 0 Å². The van der Waals surface area contributed by atoms with Crippen molar-refractivity contribution in [3.63, 3.8) is 0 Å². The fraction of sp³-hybridized carbons (Fsp3) is 0.138. The topological polar surface area (TPSA) is 117 Å². The lowest BCUT2D eigenvalue weighted by Gasteiger charge is -2.15. The minimum Gasteiger partial charge on any atom is -0.348 e. The molecular formula is C29H28N4O4S. The van der Waals surface area contributed by atoms with Gasteiger partial charge in [0, 0.05) is 24.5 Å². The molecule has 0 atom stereocenters. The first-order valence-electron chi connectivity index (χ1n) is 11.9. The van der Waals surface area contributed by atoms with Gasteiger partial charge in [-0.3, -0.25) is 19.3 Å². The second-order valence-electron chi connectivity index (χ2n) is 8.95. The Labute approximate surface area is 222 Å². The van der Waals surface area contributed by atoms with Crippen molar-refractivity contribution in [3.05, 3.63) is 119 Å². The monoisotopic (exact) mass is 528 g/mol. The van der Waals surface area contributed by atoms with Crippen molar-refractivity contribution in [1.29, 1.82) is 0 Å². The number of nitrogens with zero attached hydrogens (tertiary/aromatic N) is 1. The van der Waals surface area contributed by atoms with E-state index in [1.54, 1.807) is 67.8 Å². The Bertz CT molecular complexity index is 1600. The van der Waals surface area contributed by atoms with Gasteiger partial charge in [-0.2, -0.15) is 0 Å². The lowest BCUT2D eigenvalue weighted by molar-refractivity contribution is 0.0951. The van der Waals surface area contributed by atoms with E-state index in [4.69, 9.17) is 0 Å². The van der Waals surface area contributed by atoms with Crippen molar-refractivity contribution in [2.45, 2.75) is 32.2 Å². The van der Waals surface area contributed by atoms with Gasteiger partial charge in [0.05, 0.1) is 21.8 Å². The zero-order valence-electron chi connectivity index (χ0n) is 21.3. The Morgan fingerprint density at radius 1 is 0.816 bits per heavy atom. The van der Waals surface area contributed by atoms with E-state index in [2.05, 4.69) is 20.3 Å². The lowest BCUT2D eigenvalue weighted by atomic mass is 10.1. The van der Waals surface area contributed by atoms with E-state index in [0.717, 1.165) is 16.7 Å². The van der Waals surface area contributed by atoms with Gasteiger partial charge in [-0.05, 0) is 79.4 Å². The van der Waals surface area contributed by atoms with E-state index in [0.29, 0.717) is 16.9 Å². The minimum atomic E-state index is -3.97. The average Bonchev–Trinajstić information content (AvgIpc) is 2.90. The third-order valence-corrected chi connectivity index (χ3v) is 7.48. The fourth-order valence-corrected chi connectivity index (χ4v) is 5.23. The lowest BCUT2D eigenvalue weighted by Crippen LogP contribution is -2.25. The first-order chi connectivity index (χ1) is 18.1. The highest BCUT2D eigenvalue weighted by molar-refractivity contribution is 7.92. The van der Waals surface area contributed by atoms with Crippen molar-refractivity contribution < 1.29 is 18.0 Å². The number of rotatable bonds is 8. The van der Waals surface area contributed by atoms with Gasteiger partial charge in [0.1, 0.15) is 0 Å². The van der Waals surface area contributed by atoms with E-state index >= 15 is 0 Å². The predicted octanol–water partition coefficient (Wildman–Crippen LogP) is 4.99. The molecule has 38 heavy (non-hydrogen) atoms. The van der Waals surface area contributed by atoms with Crippen LogP contribution in [0.25, 0.3) is 0 Å². The van der Waals surface area contributed by atoms with E-state index < -0.39 is 15.9 Å². The molecule has 1 heterocycles. The maximum atomic E-state index is 13.3. The SMILES string of the molecule is Cc1ccc(C)c(NS(=O)(=O)c2cc(C(=O)Nc3ccccc3C(=O)NCc3cccnc3)ccc2C)c1. The summed E-state index contributed by atoms with van der Waals surface area (Å²) < 4.78 is 29.1. The summed E-state index contributed by atoms with van der Waals surface area (Å²) in [5.41, 5.74) is 4.24. The van der Waals surface area contributed by atoms with Crippen LogP contribution in [-0.4, -0.2) is 25.2 Å². The first-order valence-corrected chi connectivity index (χ1v) is 13.4. The zero-order chi connectivity index (χ0) is 27.3. The molecule has 0 unspecified atom stereocenters. The van der Waals surface area contributed by atoms with Gasteiger partial charge in [0.2, 0.25) is 0 Å². The molecule has 9 heteroatoms. The van der Waals surface area contributed by atoms with Crippen molar-refractivity contribution >= 4 is 33.2 Å². The summed E-state index contributed by atoms with van der Waals surface area (Å²) in [6.07, 6.45) is 3.31. The van der Waals surface area contributed by atoms with Crippen LogP contribution < -0.4 is 15.4 Å². The fourth-order valence-electron chi connectivity index (χ4n) is 3.84. The van der Waals surface area contributed by atoms with Gasteiger partial charge in [-0.15, -0.1) is 0 Å². The molecule has 194 valence electrons. The Hall–Kier alpha value is -4.50. The van der Waals surface area contributed by atoms with E-state index in [-0.39, 0.29) is 28.5 Å². The van der Waals surface area contributed by atoms with E-state index in [1.807, 2.05) is 32.0 Å². The number of hydrogen-bond donors (Lipinski definition) is 3. The van der Waals surface area contributed by atoms with Crippen molar-refractivity contribution in [3.8, 4) is 0 Å². The Kier molecular flexibility index (Phi) is 7.87. The minimum absolute atomic E-state index is 0.00597. The van der Waals surface area contributed by atoms with Gasteiger partial charge in [0.15, 0.2) is 0 Å². The molecule has 3 N–H and O–H groups in total. The Morgan fingerprint density at radius 2 is 1.58 bits per heavy atom. The normalized spacial score (nSPS) is 11.0. The molecule has 0 aliphatic heterocycles. The molecule has 4 rings (SSSR count). The number of amides is 2. The van der Waals surface area contributed by atoms with Crippen molar-refractivity contribution in [2.24, 2.45) is 0 Å². The number of sulfonamides is 1. The summed E-state index contributed by atoms with van der Waals surface area (Å²) in [6.45, 7) is 5.64. The molecule has 0 aliphatic carbocycles. The maximum absolute atomic E-state index is 13.3. The standard InChI is InChI=1S/C29H28N4O4S/c1-19-10-11-20(2)26(15-19)33-38(36,37)27-16-23(13-12-21(27)3)28(34)32-25-9-5-4-8-24(25)29(35)31-18-22-7-6-14-30-17-22/h4-17,33H,18H2,1-3H3,(H,31,35)(H,32,34). The predicted molar refractivity (Wildman–Crippen MR) is 148 cm³/mol. The summed E-state index contributed by atoms with van der Waals surface area (Å²) in [6, 6.07) is 20.2. The van der Waals surface area contributed by atoms with Crippen LogP contribution in [0.1, 0.15) is 43.0 Å². The van der Waals surface area contributed by atoms with Crippen LogP contribution in [-0.2, 0) is 16.6 Å². The van der Waals surface area contributed by atoms with Gasteiger partial charge >= 0.3 is 0 Å².